The molecule has 50 heavy (non-hydrogen) atoms. The van der Waals surface area contributed by atoms with Crippen LogP contribution < -0.4 is 37.2 Å². The molecule has 0 aliphatic carbocycles. The monoisotopic (exact) mass is 716 g/mol. The summed E-state index contributed by atoms with van der Waals surface area (Å²) in [5.74, 6) is -3.47. The molecule has 6 amide bonds. The second-order valence-electron chi connectivity index (χ2n) is 13.1. The average Bonchev–Trinajstić information content (AvgIpc) is 3.47. The largest absolute Gasteiger partial charge is 0.394 e. The maximum Gasteiger partial charge on any atom is 0.245 e. The minimum absolute atomic E-state index is 0.0254. The molecule has 16 nitrogen and oxygen atoms in total. The zero-order chi connectivity index (χ0) is 36.4. The van der Waals surface area contributed by atoms with Crippen molar-refractivity contribution >= 4 is 58.1 Å². The van der Waals surface area contributed by atoms with Crippen LogP contribution in [0.25, 0.3) is 10.9 Å². The van der Waals surface area contributed by atoms with E-state index in [0.29, 0.717) is 5.75 Å². The molecule has 1 aromatic heterocycles. The summed E-state index contributed by atoms with van der Waals surface area (Å²) >= 11 is 1.44. The highest BCUT2D eigenvalue weighted by atomic mass is 32.2. The van der Waals surface area contributed by atoms with E-state index < -0.39 is 77.9 Å². The van der Waals surface area contributed by atoms with E-state index in [1.54, 1.807) is 6.20 Å². The predicted molar refractivity (Wildman–Crippen MR) is 187 cm³/mol. The second-order valence-corrected chi connectivity index (χ2v) is 14.1. The molecule has 2 aliphatic heterocycles. The lowest BCUT2D eigenvalue weighted by Gasteiger charge is -2.43. The topological polar surface area (TPSA) is 232 Å². The SMILES string of the molecule is CSCC[C@@H]1NC(=O)[C@@H](CO)NC(=O)[C@H](CC(C)C)NC(=O)CNC2(COC2)NC(=O)C(Cc2c[nH]c3ccccc23)NC(=O)[C@H](C)NC1=O. The van der Waals surface area contributed by atoms with Gasteiger partial charge in [-0.1, -0.05) is 32.0 Å². The Hall–Kier alpha value is -4.19. The standard InChI is InChI=1S/C33H48N8O8S/c1-18(2)11-24-30(46)40-26(15-42)31(47)38-23(9-10-50-4)29(45)36-19(3)28(44)39-25(12-20-13-34-22-8-6-5-7-21(20)22)32(48)41-33(16-49-17-33)35-14-27(43)37-24/h5-8,13,18-19,23-26,34-35,42H,9-12,14-17H2,1-4H3,(H,36,45)(H,37,43)(H,38,47)(H,39,44)(H,40,46)(H,41,48)/t19-,23-,24-,25?,26+/m0/s1. The first-order valence-corrected chi connectivity index (χ1v) is 18.0. The molecular formula is C33H48N8O8S. The Bertz CT molecular complexity index is 1550. The van der Waals surface area contributed by atoms with E-state index in [-0.39, 0.29) is 44.9 Å². The Labute approximate surface area is 294 Å². The van der Waals surface area contributed by atoms with Crippen molar-refractivity contribution in [2.24, 2.45) is 5.92 Å². The highest BCUT2D eigenvalue weighted by molar-refractivity contribution is 7.98. The number of aliphatic hydroxyl groups excluding tert-OH is 1. The number of hydrogen-bond donors (Lipinski definition) is 9. The van der Waals surface area contributed by atoms with Gasteiger partial charge < -0.3 is 46.7 Å². The summed E-state index contributed by atoms with van der Waals surface area (Å²) in [6.07, 6.45) is 4.11. The fourth-order valence-electron chi connectivity index (χ4n) is 5.69. The summed E-state index contributed by atoms with van der Waals surface area (Å²) < 4.78 is 5.40. The minimum atomic E-state index is -1.42. The quantitative estimate of drug-likeness (QED) is 0.152. The van der Waals surface area contributed by atoms with Gasteiger partial charge >= 0.3 is 0 Å². The van der Waals surface area contributed by atoms with Gasteiger partial charge in [-0.3, -0.25) is 34.1 Å². The molecule has 0 bridgehead atoms. The van der Waals surface area contributed by atoms with Gasteiger partial charge in [0.05, 0.1) is 26.4 Å². The third kappa shape index (κ3) is 10.2. The first kappa shape index (κ1) is 38.6. The van der Waals surface area contributed by atoms with Crippen LogP contribution in [-0.4, -0.2) is 120 Å². The van der Waals surface area contributed by atoms with Gasteiger partial charge in [0.2, 0.25) is 35.4 Å². The fourth-order valence-corrected chi connectivity index (χ4v) is 6.17. The van der Waals surface area contributed by atoms with E-state index in [9.17, 15) is 33.9 Å². The van der Waals surface area contributed by atoms with Crippen LogP contribution in [0.5, 0.6) is 0 Å². The van der Waals surface area contributed by atoms with Gasteiger partial charge in [0, 0.05) is 23.5 Å². The van der Waals surface area contributed by atoms with E-state index >= 15 is 0 Å². The van der Waals surface area contributed by atoms with Crippen LogP contribution in [0, 0.1) is 5.92 Å². The lowest BCUT2D eigenvalue weighted by Crippen LogP contribution is -2.73. The molecule has 2 aromatic rings. The van der Waals surface area contributed by atoms with E-state index in [1.807, 2.05) is 44.4 Å². The number of aromatic nitrogens is 1. The molecule has 2 saturated heterocycles. The number of amides is 6. The predicted octanol–water partition coefficient (Wildman–Crippen LogP) is -1.61. The molecule has 1 unspecified atom stereocenters. The van der Waals surface area contributed by atoms with Crippen molar-refractivity contribution in [1.29, 1.82) is 0 Å². The number of fused-ring (bicyclic) bond motifs is 1. The smallest absolute Gasteiger partial charge is 0.245 e. The van der Waals surface area contributed by atoms with Crippen molar-refractivity contribution in [3.05, 3.63) is 36.0 Å². The third-order valence-corrected chi connectivity index (χ3v) is 9.19. The molecule has 5 atom stereocenters. The van der Waals surface area contributed by atoms with Crippen LogP contribution in [-0.2, 0) is 39.9 Å². The summed E-state index contributed by atoms with van der Waals surface area (Å²) in [5.41, 5.74) is 0.481. The van der Waals surface area contributed by atoms with Crippen LogP contribution in [0.1, 0.15) is 39.2 Å². The summed E-state index contributed by atoms with van der Waals surface area (Å²) in [7, 11) is 0. The molecule has 2 fully saturated rings. The molecule has 17 heteroatoms. The highest BCUT2D eigenvalue weighted by Gasteiger charge is 2.42. The number of rotatable bonds is 8. The number of ether oxygens (including phenoxy) is 1. The van der Waals surface area contributed by atoms with Gasteiger partial charge in [-0.25, -0.2) is 0 Å². The van der Waals surface area contributed by atoms with Gasteiger partial charge in [0.15, 0.2) is 0 Å². The Morgan fingerprint density at radius 3 is 2.18 bits per heavy atom. The van der Waals surface area contributed by atoms with Crippen LogP contribution in [0.2, 0.25) is 0 Å². The number of hydrogen-bond acceptors (Lipinski definition) is 10. The molecule has 9 N–H and O–H groups in total. The molecule has 1 aromatic carbocycles. The van der Waals surface area contributed by atoms with Crippen LogP contribution in [0.3, 0.4) is 0 Å². The molecule has 2 aliphatic rings. The Morgan fingerprint density at radius 2 is 1.52 bits per heavy atom. The normalized spacial score (nSPS) is 25.9. The number of carbonyl (C=O) groups excluding carboxylic acids is 6. The fraction of sp³-hybridized carbons (Fsp3) is 0.576. The van der Waals surface area contributed by atoms with Gasteiger partial charge in [-0.2, -0.15) is 11.8 Å². The van der Waals surface area contributed by atoms with E-state index in [4.69, 9.17) is 4.74 Å². The Kier molecular flexibility index (Phi) is 13.6. The number of aliphatic hydroxyl groups is 1. The Balaban J connectivity index is 1.65. The summed E-state index contributed by atoms with van der Waals surface area (Å²) in [4.78, 5) is 83.7. The van der Waals surface area contributed by atoms with Crippen LogP contribution in [0.4, 0.5) is 0 Å². The van der Waals surface area contributed by atoms with Crippen LogP contribution in [0.15, 0.2) is 30.5 Å². The van der Waals surface area contributed by atoms with Gasteiger partial charge in [-0.15, -0.1) is 0 Å². The van der Waals surface area contributed by atoms with E-state index in [0.717, 1.165) is 16.5 Å². The van der Waals surface area contributed by atoms with Crippen LogP contribution >= 0.6 is 11.8 Å². The summed E-state index contributed by atoms with van der Waals surface area (Å²) in [6, 6.07) is 1.74. The molecule has 274 valence electrons. The van der Waals surface area contributed by atoms with Gasteiger partial charge in [-0.05, 0) is 49.3 Å². The van der Waals surface area contributed by atoms with E-state index in [1.165, 1.54) is 18.7 Å². The van der Waals surface area contributed by atoms with Crippen molar-refractivity contribution in [2.75, 3.05) is 38.4 Å². The molecule has 4 rings (SSSR count). The third-order valence-electron chi connectivity index (χ3n) is 8.55. The second kappa shape index (κ2) is 17.6. The lowest BCUT2D eigenvalue weighted by molar-refractivity contribution is -0.142. The zero-order valence-electron chi connectivity index (χ0n) is 28.7. The molecule has 3 heterocycles. The number of H-pyrrole nitrogens is 1. The number of para-hydroxylation sites is 1. The highest BCUT2D eigenvalue weighted by Crippen LogP contribution is 2.20. The first-order valence-electron chi connectivity index (χ1n) is 16.6. The maximum absolute atomic E-state index is 13.9. The average molecular weight is 717 g/mol. The summed E-state index contributed by atoms with van der Waals surface area (Å²) in [6.45, 7) is 4.19. The Morgan fingerprint density at radius 1 is 0.860 bits per heavy atom. The van der Waals surface area contributed by atoms with Crippen molar-refractivity contribution in [3.63, 3.8) is 0 Å². The van der Waals surface area contributed by atoms with Crippen molar-refractivity contribution in [3.8, 4) is 0 Å². The summed E-state index contributed by atoms with van der Waals surface area (Å²) in [5, 5.41) is 30.0. The molecule has 0 radical (unpaired) electrons. The first-order chi connectivity index (χ1) is 23.8. The molecule has 0 saturated carbocycles. The minimum Gasteiger partial charge on any atom is -0.394 e. The number of carbonyl (C=O) groups is 6. The number of nitrogens with one attached hydrogen (secondary N) is 8. The van der Waals surface area contributed by atoms with Gasteiger partial charge in [0.1, 0.15) is 35.9 Å². The van der Waals surface area contributed by atoms with E-state index in [2.05, 4.69) is 42.2 Å². The zero-order valence-corrected chi connectivity index (χ0v) is 29.5. The lowest BCUT2D eigenvalue weighted by atomic mass is 10.0. The number of aromatic amines is 1. The van der Waals surface area contributed by atoms with Gasteiger partial charge in [0.25, 0.3) is 0 Å². The molecule has 1 spiro atoms. The maximum atomic E-state index is 13.9. The number of thioether (sulfide) groups is 1. The van der Waals surface area contributed by atoms with Crippen molar-refractivity contribution in [2.45, 2.75) is 75.9 Å². The molecular weight excluding hydrogens is 668 g/mol. The number of benzene rings is 1. The van der Waals surface area contributed by atoms with Crippen molar-refractivity contribution < 1.29 is 38.6 Å². The van der Waals surface area contributed by atoms with Crippen molar-refractivity contribution in [1.82, 2.24) is 42.2 Å².